The lowest BCUT2D eigenvalue weighted by atomic mass is 10.1. The van der Waals surface area contributed by atoms with E-state index in [0.717, 1.165) is 36.0 Å². The number of carbonyl (C=O) groups is 1. The van der Waals surface area contributed by atoms with E-state index in [4.69, 9.17) is 4.74 Å². The van der Waals surface area contributed by atoms with Crippen LogP contribution in [0.3, 0.4) is 0 Å². The second-order valence-electron chi connectivity index (χ2n) is 6.12. The molecular weight excluding hydrogens is 278 g/mol. The topological polar surface area (TPSA) is 48.6 Å². The fourth-order valence-electron chi connectivity index (χ4n) is 3.29. The van der Waals surface area contributed by atoms with Crippen molar-refractivity contribution in [2.45, 2.75) is 18.6 Å². The van der Waals surface area contributed by atoms with E-state index in [1.165, 1.54) is 0 Å². The molecule has 5 nitrogen and oxygen atoms in total. The fraction of sp³-hybridized carbons (Fsp3) is 0.471. The summed E-state index contributed by atoms with van der Waals surface area (Å²) in [6.45, 7) is 1.65. The van der Waals surface area contributed by atoms with Crippen LogP contribution in [0, 0.1) is 0 Å². The van der Waals surface area contributed by atoms with Gasteiger partial charge in [0.1, 0.15) is 0 Å². The number of fused-ring (bicyclic) bond motifs is 1. The van der Waals surface area contributed by atoms with Crippen molar-refractivity contribution in [2.75, 3.05) is 34.3 Å². The quantitative estimate of drug-likeness (QED) is 0.939. The maximum Gasteiger partial charge on any atom is 0.254 e. The van der Waals surface area contributed by atoms with Crippen LogP contribution < -0.4 is 0 Å². The molecule has 1 amide bonds. The van der Waals surface area contributed by atoms with Crippen LogP contribution in [0.4, 0.5) is 0 Å². The first-order valence-electron chi connectivity index (χ1n) is 7.64. The Morgan fingerprint density at radius 2 is 2.27 bits per heavy atom. The van der Waals surface area contributed by atoms with E-state index in [0.29, 0.717) is 6.04 Å². The van der Waals surface area contributed by atoms with E-state index in [2.05, 4.69) is 16.9 Å². The van der Waals surface area contributed by atoms with Crippen molar-refractivity contribution in [1.29, 1.82) is 0 Å². The van der Waals surface area contributed by atoms with Crippen molar-refractivity contribution in [2.24, 2.45) is 0 Å². The summed E-state index contributed by atoms with van der Waals surface area (Å²) >= 11 is 0. The first-order chi connectivity index (χ1) is 10.6. The third kappa shape index (κ3) is 2.74. The Morgan fingerprint density at radius 1 is 1.45 bits per heavy atom. The molecule has 0 spiro atoms. The third-order valence-electron chi connectivity index (χ3n) is 4.64. The average Bonchev–Trinajstić information content (AvgIpc) is 3.13. The Hall–Kier alpha value is -1.85. The van der Waals surface area contributed by atoms with Crippen LogP contribution in [0.15, 0.2) is 30.5 Å². The standard InChI is InChI=1S/C17H23N3O2/c1-19-11-13(22-3)9-12(19)10-20(2)17(21)15-5-4-6-16-14(15)7-8-18-16/h4-8,12-13,18H,9-11H2,1-3H3/t12-,13-/m0/s1. The minimum atomic E-state index is 0.0690. The number of hydrogen-bond acceptors (Lipinski definition) is 3. The second kappa shape index (κ2) is 6.10. The molecule has 118 valence electrons. The molecular formula is C17H23N3O2. The summed E-state index contributed by atoms with van der Waals surface area (Å²) in [7, 11) is 5.72. The molecule has 1 saturated heterocycles. The largest absolute Gasteiger partial charge is 0.380 e. The number of hydrogen-bond donors (Lipinski definition) is 1. The van der Waals surface area contributed by atoms with E-state index in [9.17, 15) is 4.79 Å². The summed E-state index contributed by atoms with van der Waals surface area (Å²) in [5.41, 5.74) is 1.75. The number of ether oxygens (including phenoxy) is 1. The van der Waals surface area contributed by atoms with E-state index < -0.39 is 0 Å². The van der Waals surface area contributed by atoms with E-state index in [-0.39, 0.29) is 12.0 Å². The second-order valence-corrected chi connectivity index (χ2v) is 6.12. The lowest BCUT2D eigenvalue weighted by molar-refractivity contribution is 0.0762. The molecule has 1 aromatic carbocycles. The Labute approximate surface area is 130 Å². The highest BCUT2D eigenvalue weighted by atomic mass is 16.5. The molecule has 5 heteroatoms. The zero-order valence-corrected chi connectivity index (χ0v) is 13.4. The summed E-state index contributed by atoms with van der Waals surface area (Å²) in [5.74, 6) is 0.0690. The lowest BCUT2D eigenvalue weighted by Gasteiger charge is -2.25. The number of methoxy groups -OCH3 is 1. The molecule has 1 aliphatic rings. The number of aromatic nitrogens is 1. The first kappa shape index (κ1) is 15.1. The molecule has 0 radical (unpaired) electrons. The molecule has 3 rings (SSSR count). The van der Waals surface area contributed by atoms with Gasteiger partial charge in [-0.15, -0.1) is 0 Å². The molecule has 0 bridgehead atoms. The van der Waals surface area contributed by atoms with Crippen molar-refractivity contribution >= 4 is 16.8 Å². The maximum atomic E-state index is 12.8. The molecule has 0 unspecified atom stereocenters. The predicted molar refractivity (Wildman–Crippen MR) is 87.1 cm³/mol. The van der Waals surface area contributed by atoms with Gasteiger partial charge in [-0.05, 0) is 31.7 Å². The van der Waals surface area contributed by atoms with Crippen LogP contribution in [0.2, 0.25) is 0 Å². The van der Waals surface area contributed by atoms with Gasteiger partial charge in [-0.1, -0.05) is 6.07 Å². The van der Waals surface area contributed by atoms with Gasteiger partial charge in [0.25, 0.3) is 5.91 Å². The number of carbonyl (C=O) groups excluding carboxylic acids is 1. The van der Waals surface area contributed by atoms with Gasteiger partial charge in [-0.3, -0.25) is 9.69 Å². The average molecular weight is 301 g/mol. The summed E-state index contributed by atoms with van der Waals surface area (Å²) in [5, 5.41) is 0.980. The highest BCUT2D eigenvalue weighted by Crippen LogP contribution is 2.21. The van der Waals surface area contributed by atoms with Crippen LogP contribution >= 0.6 is 0 Å². The monoisotopic (exact) mass is 301 g/mol. The molecule has 1 N–H and O–H groups in total. The zero-order valence-electron chi connectivity index (χ0n) is 13.4. The predicted octanol–water partition coefficient (Wildman–Crippen LogP) is 1.96. The number of nitrogens with one attached hydrogen (secondary N) is 1. The highest BCUT2D eigenvalue weighted by molar-refractivity contribution is 6.06. The number of rotatable bonds is 4. The molecule has 1 aliphatic heterocycles. The smallest absolute Gasteiger partial charge is 0.254 e. The van der Waals surface area contributed by atoms with Gasteiger partial charge in [-0.25, -0.2) is 0 Å². The van der Waals surface area contributed by atoms with Gasteiger partial charge in [-0.2, -0.15) is 0 Å². The number of benzene rings is 1. The maximum absolute atomic E-state index is 12.8. The number of likely N-dealkylation sites (tertiary alicyclic amines) is 1. The van der Waals surface area contributed by atoms with Crippen molar-refractivity contribution in [3.8, 4) is 0 Å². The molecule has 22 heavy (non-hydrogen) atoms. The van der Waals surface area contributed by atoms with Crippen molar-refractivity contribution in [1.82, 2.24) is 14.8 Å². The number of amides is 1. The lowest BCUT2D eigenvalue weighted by Crippen LogP contribution is -2.39. The Bertz CT molecular complexity index is 667. The number of aromatic amines is 1. The summed E-state index contributed by atoms with van der Waals surface area (Å²) in [4.78, 5) is 20.0. The van der Waals surface area contributed by atoms with E-state index in [1.54, 1.807) is 7.11 Å². The van der Waals surface area contributed by atoms with Crippen molar-refractivity contribution in [3.63, 3.8) is 0 Å². The van der Waals surface area contributed by atoms with Gasteiger partial charge in [0.2, 0.25) is 0 Å². The molecule has 2 atom stereocenters. The first-order valence-corrected chi connectivity index (χ1v) is 7.64. The van der Waals surface area contributed by atoms with Crippen LogP contribution in [0.5, 0.6) is 0 Å². The van der Waals surface area contributed by atoms with Gasteiger partial charge < -0.3 is 14.6 Å². The summed E-state index contributed by atoms with van der Waals surface area (Å²) in [6, 6.07) is 8.11. The summed E-state index contributed by atoms with van der Waals surface area (Å²) in [6.07, 6.45) is 3.11. The molecule has 0 aliphatic carbocycles. The van der Waals surface area contributed by atoms with E-state index in [1.807, 2.05) is 42.4 Å². The molecule has 2 heterocycles. The molecule has 0 saturated carbocycles. The molecule has 2 aromatic rings. The van der Waals surface area contributed by atoms with Gasteiger partial charge >= 0.3 is 0 Å². The van der Waals surface area contributed by atoms with Crippen molar-refractivity contribution in [3.05, 3.63) is 36.0 Å². The highest BCUT2D eigenvalue weighted by Gasteiger charge is 2.31. The number of likely N-dealkylation sites (N-methyl/N-ethyl adjacent to an activating group) is 2. The van der Waals surface area contributed by atoms with Crippen LogP contribution in [-0.2, 0) is 4.74 Å². The minimum absolute atomic E-state index is 0.0690. The van der Waals surface area contributed by atoms with Gasteiger partial charge in [0, 0.05) is 56.0 Å². The fourth-order valence-corrected chi connectivity index (χ4v) is 3.29. The minimum Gasteiger partial charge on any atom is -0.380 e. The molecule has 1 fully saturated rings. The molecule has 1 aromatic heterocycles. The normalized spacial score (nSPS) is 22.3. The van der Waals surface area contributed by atoms with Crippen LogP contribution in [0.25, 0.3) is 10.9 Å². The SMILES string of the molecule is CO[C@H]1C[C@@H](CN(C)C(=O)c2cccc3[nH]ccc23)N(C)C1. The Morgan fingerprint density at radius 3 is 3.00 bits per heavy atom. The van der Waals surface area contributed by atoms with Crippen LogP contribution in [-0.4, -0.2) is 67.1 Å². The van der Waals surface area contributed by atoms with Crippen molar-refractivity contribution < 1.29 is 9.53 Å². The summed E-state index contributed by atoms with van der Waals surface area (Å²) < 4.78 is 5.44. The Kier molecular flexibility index (Phi) is 4.18. The zero-order chi connectivity index (χ0) is 15.7. The third-order valence-corrected chi connectivity index (χ3v) is 4.64. The number of nitrogens with zero attached hydrogens (tertiary/aromatic N) is 2. The van der Waals surface area contributed by atoms with Gasteiger partial charge in [0.05, 0.1) is 6.10 Å². The van der Waals surface area contributed by atoms with E-state index >= 15 is 0 Å². The Balaban J connectivity index is 1.74. The number of H-pyrrole nitrogens is 1. The van der Waals surface area contributed by atoms with Crippen LogP contribution in [0.1, 0.15) is 16.8 Å². The van der Waals surface area contributed by atoms with Gasteiger partial charge in [0.15, 0.2) is 0 Å².